The van der Waals surface area contributed by atoms with Crippen molar-refractivity contribution in [2.75, 3.05) is 0 Å². The third-order valence-electron chi connectivity index (χ3n) is 5.61. The summed E-state index contributed by atoms with van der Waals surface area (Å²) in [6, 6.07) is 8.57. The average molecular weight is 486 g/mol. The van der Waals surface area contributed by atoms with Gasteiger partial charge in [-0.2, -0.15) is 0 Å². The molecule has 0 aliphatic heterocycles. The van der Waals surface area contributed by atoms with Gasteiger partial charge in [0.05, 0.1) is 6.42 Å². The number of halogens is 4. The van der Waals surface area contributed by atoms with Gasteiger partial charge < -0.3 is 10.2 Å². The maximum absolute atomic E-state index is 14.3. The summed E-state index contributed by atoms with van der Waals surface area (Å²) < 4.78 is 14.3. The van der Waals surface area contributed by atoms with E-state index in [-0.39, 0.29) is 35.5 Å². The van der Waals surface area contributed by atoms with Crippen molar-refractivity contribution in [2.45, 2.75) is 57.7 Å². The molecule has 0 heterocycles. The molecule has 2 aromatic carbocycles. The van der Waals surface area contributed by atoms with E-state index in [4.69, 9.17) is 34.8 Å². The minimum Gasteiger partial charge on any atom is -0.352 e. The molecule has 0 saturated heterocycles. The van der Waals surface area contributed by atoms with Gasteiger partial charge in [0, 0.05) is 33.2 Å². The molecule has 1 aliphatic carbocycles. The van der Waals surface area contributed by atoms with Gasteiger partial charge in [-0.25, -0.2) is 4.39 Å². The van der Waals surface area contributed by atoms with Gasteiger partial charge >= 0.3 is 0 Å². The van der Waals surface area contributed by atoms with Crippen LogP contribution in [0.2, 0.25) is 15.1 Å². The smallest absolute Gasteiger partial charge is 0.242 e. The predicted octanol–water partition coefficient (Wildman–Crippen LogP) is 5.80. The molecule has 1 aliphatic rings. The third kappa shape index (κ3) is 6.12. The zero-order valence-electron chi connectivity index (χ0n) is 17.1. The summed E-state index contributed by atoms with van der Waals surface area (Å²) in [4.78, 5) is 27.5. The molecular weight excluding hydrogens is 462 g/mol. The Balaban J connectivity index is 1.85. The summed E-state index contributed by atoms with van der Waals surface area (Å²) in [5.41, 5.74) is 0.740. The normalized spacial score (nSPS) is 15.0. The van der Waals surface area contributed by atoms with Crippen molar-refractivity contribution < 1.29 is 14.0 Å². The summed E-state index contributed by atoms with van der Waals surface area (Å²) in [7, 11) is 0. The van der Waals surface area contributed by atoms with Crippen LogP contribution in [-0.4, -0.2) is 28.8 Å². The Morgan fingerprint density at radius 1 is 1.13 bits per heavy atom. The lowest BCUT2D eigenvalue weighted by molar-refractivity contribution is -0.140. The lowest BCUT2D eigenvalue weighted by atomic mass is 10.1. The van der Waals surface area contributed by atoms with Gasteiger partial charge in [-0.15, -0.1) is 0 Å². The zero-order chi connectivity index (χ0) is 22.5. The second kappa shape index (κ2) is 10.7. The van der Waals surface area contributed by atoms with Crippen LogP contribution in [0.3, 0.4) is 0 Å². The summed E-state index contributed by atoms with van der Waals surface area (Å²) in [6.07, 6.45) is 3.75. The van der Waals surface area contributed by atoms with Gasteiger partial charge in [-0.05, 0) is 49.6 Å². The zero-order valence-corrected chi connectivity index (χ0v) is 19.4. The molecule has 1 N–H and O–H groups in total. The maximum atomic E-state index is 14.3. The van der Waals surface area contributed by atoms with Crippen molar-refractivity contribution in [3.8, 4) is 0 Å². The number of nitrogens with zero attached hydrogens (tertiary/aromatic N) is 1. The quantitative estimate of drug-likeness (QED) is 0.538. The Hall–Kier alpha value is -1.82. The largest absolute Gasteiger partial charge is 0.352 e. The fourth-order valence-electron chi connectivity index (χ4n) is 3.76. The van der Waals surface area contributed by atoms with E-state index in [1.165, 1.54) is 23.1 Å². The second-order valence-electron chi connectivity index (χ2n) is 7.80. The number of benzene rings is 2. The van der Waals surface area contributed by atoms with Gasteiger partial charge in [0.2, 0.25) is 11.8 Å². The van der Waals surface area contributed by atoms with Crippen molar-refractivity contribution in [2.24, 2.45) is 0 Å². The Morgan fingerprint density at radius 3 is 2.48 bits per heavy atom. The SMILES string of the molecule is CC(C(=O)NC1CCCC1)N(Cc1ccc(Cl)cc1Cl)C(=O)Cc1c(F)cccc1Cl. The number of amides is 2. The highest BCUT2D eigenvalue weighted by Gasteiger charge is 2.29. The number of hydrogen-bond donors (Lipinski definition) is 1. The van der Waals surface area contributed by atoms with Gasteiger partial charge in [0.25, 0.3) is 0 Å². The Morgan fingerprint density at radius 2 is 1.84 bits per heavy atom. The minimum atomic E-state index is -0.773. The van der Waals surface area contributed by atoms with Crippen molar-refractivity contribution in [3.05, 3.63) is 68.4 Å². The minimum absolute atomic E-state index is 0.0835. The number of rotatable bonds is 7. The molecule has 0 bridgehead atoms. The topological polar surface area (TPSA) is 49.4 Å². The molecule has 1 unspecified atom stereocenters. The maximum Gasteiger partial charge on any atom is 0.242 e. The predicted molar refractivity (Wildman–Crippen MR) is 122 cm³/mol. The monoisotopic (exact) mass is 484 g/mol. The van der Waals surface area contributed by atoms with E-state index in [0.29, 0.717) is 15.6 Å². The standard InChI is InChI=1S/C23H24Cl3FN2O2/c1-14(23(31)28-17-5-2-3-6-17)29(13-15-9-10-16(24)11-20(15)26)22(30)12-18-19(25)7-4-8-21(18)27/h4,7-11,14,17H,2-3,5-6,12-13H2,1H3,(H,28,31). The summed E-state index contributed by atoms with van der Waals surface area (Å²) in [5, 5.41) is 4.05. The van der Waals surface area contributed by atoms with E-state index in [2.05, 4.69) is 5.32 Å². The first kappa shape index (κ1) is 23.8. The van der Waals surface area contributed by atoms with Gasteiger partial charge in [0.1, 0.15) is 11.9 Å². The molecule has 2 amide bonds. The van der Waals surface area contributed by atoms with Crippen LogP contribution in [0.4, 0.5) is 4.39 Å². The molecule has 31 heavy (non-hydrogen) atoms. The lowest BCUT2D eigenvalue weighted by Gasteiger charge is -2.30. The van der Waals surface area contributed by atoms with E-state index in [0.717, 1.165) is 25.7 Å². The van der Waals surface area contributed by atoms with E-state index in [1.54, 1.807) is 25.1 Å². The summed E-state index contributed by atoms with van der Waals surface area (Å²) in [6.45, 7) is 1.75. The van der Waals surface area contributed by atoms with E-state index in [1.807, 2.05) is 0 Å². The molecule has 0 spiro atoms. The molecule has 3 rings (SSSR count). The molecule has 4 nitrogen and oxygen atoms in total. The lowest BCUT2D eigenvalue weighted by Crippen LogP contribution is -2.50. The van der Waals surface area contributed by atoms with Gasteiger partial charge in [-0.1, -0.05) is 59.8 Å². The third-order valence-corrected chi connectivity index (χ3v) is 6.56. The van der Waals surface area contributed by atoms with Crippen LogP contribution in [0.15, 0.2) is 36.4 Å². The van der Waals surface area contributed by atoms with E-state index >= 15 is 0 Å². The molecule has 1 saturated carbocycles. The van der Waals surface area contributed by atoms with E-state index in [9.17, 15) is 14.0 Å². The van der Waals surface area contributed by atoms with Crippen molar-refractivity contribution in [3.63, 3.8) is 0 Å². The fraction of sp³-hybridized carbons (Fsp3) is 0.391. The Kier molecular flexibility index (Phi) is 8.20. The van der Waals surface area contributed by atoms with Gasteiger partial charge in [-0.3, -0.25) is 9.59 Å². The van der Waals surface area contributed by atoms with Crippen molar-refractivity contribution in [1.82, 2.24) is 10.2 Å². The van der Waals surface area contributed by atoms with Gasteiger partial charge in [0.15, 0.2) is 0 Å². The molecule has 1 atom stereocenters. The molecule has 166 valence electrons. The van der Waals surface area contributed by atoms with Crippen LogP contribution in [-0.2, 0) is 22.6 Å². The summed E-state index contributed by atoms with van der Waals surface area (Å²) in [5.74, 6) is -1.23. The highest BCUT2D eigenvalue weighted by Crippen LogP contribution is 2.25. The van der Waals surface area contributed by atoms with Crippen LogP contribution in [0.25, 0.3) is 0 Å². The van der Waals surface area contributed by atoms with Crippen LogP contribution in [0.5, 0.6) is 0 Å². The highest BCUT2D eigenvalue weighted by molar-refractivity contribution is 6.35. The highest BCUT2D eigenvalue weighted by atomic mass is 35.5. The Bertz CT molecular complexity index is 944. The van der Waals surface area contributed by atoms with Crippen LogP contribution in [0.1, 0.15) is 43.7 Å². The van der Waals surface area contributed by atoms with E-state index < -0.39 is 17.8 Å². The van der Waals surface area contributed by atoms with Crippen molar-refractivity contribution in [1.29, 1.82) is 0 Å². The second-order valence-corrected chi connectivity index (χ2v) is 9.05. The first-order valence-electron chi connectivity index (χ1n) is 10.2. The van der Waals surface area contributed by atoms with Crippen LogP contribution in [0, 0.1) is 5.82 Å². The van der Waals surface area contributed by atoms with Crippen molar-refractivity contribution >= 4 is 46.6 Å². The fourth-order valence-corrected chi connectivity index (χ4v) is 4.46. The molecule has 0 aromatic heterocycles. The first-order valence-corrected chi connectivity index (χ1v) is 11.4. The molecule has 8 heteroatoms. The number of carbonyl (C=O) groups excluding carboxylic acids is 2. The van der Waals surface area contributed by atoms with Crippen LogP contribution < -0.4 is 5.32 Å². The number of nitrogens with one attached hydrogen (secondary N) is 1. The number of carbonyl (C=O) groups is 2. The number of hydrogen-bond acceptors (Lipinski definition) is 2. The van der Waals surface area contributed by atoms with Crippen LogP contribution >= 0.6 is 34.8 Å². The first-order chi connectivity index (χ1) is 14.8. The Labute approximate surface area is 196 Å². The molecule has 1 fully saturated rings. The average Bonchev–Trinajstić information content (AvgIpc) is 3.22. The molecule has 0 radical (unpaired) electrons. The molecular formula is C23H24Cl3FN2O2. The molecule has 2 aromatic rings. The summed E-state index contributed by atoms with van der Waals surface area (Å²) >= 11 is 18.4.